The second-order valence-electron chi connectivity index (χ2n) is 5.84. The molecule has 2 nitrogen and oxygen atoms in total. The maximum Gasteiger partial charge on any atom is 0.302 e. The topological polar surface area (TPSA) is 26.3 Å². The summed E-state index contributed by atoms with van der Waals surface area (Å²) in [6, 6.07) is 10.4. The van der Waals surface area contributed by atoms with Gasteiger partial charge in [0, 0.05) is 6.92 Å². The Bertz CT molecular complexity index is 362. The normalized spacial score (nSPS) is 13.1. The van der Waals surface area contributed by atoms with Gasteiger partial charge in [0.1, 0.15) is 6.10 Å². The number of carbonyl (C=O) groups excluding carboxylic acids is 1. The number of esters is 1. The molecule has 0 N–H and O–H groups in total. The molecule has 0 saturated heterocycles. The summed E-state index contributed by atoms with van der Waals surface area (Å²) in [7, 11) is 0. The van der Waals surface area contributed by atoms with E-state index in [1.54, 1.807) is 0 Å². The van der Waals surface area contributed by atoms with Crippen molar-refractivity contribution in [3.8, 4) is 0 Å². The number of ether oxygens (including phenoxy) is 1. The standard InChI is InChI=1S/C16H24O2/c1-13(17)18-15(16(2,3)4)12-8-11-14-9-6-5-7-10-14/h5-7,9-10,15H,8,11-12H2,1-4H3/t15-/m1/s1. The van der Waals surface area contributed by atoms with E-state index in [0.717, 1.165) is 19.3 Å². The van der Waals surface area contributed by atoms with Crippen LogP contribution in [0.5, 0.6) is 0 Å². The fraction of sp³-hybridized carbons (Fsp3) is 0.562. The molecule has 0 aliphatic heterocycles. The Labute approximate surface area is 110 Å². The smallest absolute Gasteiger partial charge is 0.302 e. The lowest BCUT2D eigenvalue weighted by molar-refractivity contribution is -0.152. The predicted molar refractivity (Wildman–Crippen MR) is 74.4 cm³/mol. The average Bonchev–Trinajstić information content (AvgIpc) is 2.27. The molecule has 1 aromatic carbocycles. The highest BCUT2D eigenvalue weighted by Gasteiger charge is 2.26. The van der Waals surface area contributed by atoms with Gasteiger partial charge in [-0.15, -0.1) is 0 Å². The molecule has 18 heavy (non-hydrogen) atoms. The lowest BCUT2D eigenvalue weighted by Crippen LogP contribution is -2.31. The van der Waals surface area contributed by atoms with Gasteiger partial charge in [-0.1, -0.05) is 51.1 Å². The van der Waals surface area contributed by atoms with Crippen LogP contribution in [0.4, 0.5) is 0 Å². The largest absolute Gasteiger partial charge is 0.462 e. The highest BCUT2D eigenvalue weighted by atomic mass is 16.5. The average molecular weight is 248 g/mol. The molecule has 0 aromatic heterocycles. The van der Waals surface area contributed by atoms with Gasteiger partial charge >= 0.3 is 5.97 Å². The highest BCUT2D eigenvalue weighted by Crippen LogP contribution is 2.26. The molecule has 0 amide bonds. The number of aryl methyl sites for hydroxylation is 1. The molecule has 2 heteroatoms. The van der Waals surface area contributed by atoms with Gasteiger partial charge < -0.3 is 4.74 Å². The Morgan fingerprint density at radius 1 is 1.22 bits per heavy atom. The van der Waals surface area contributed by atoms with Gasteiger partial charge in [0.25, 0.3) is 0 Å². The molecular weight excluding hydrogens is 224 g/mol. The van der Waals surface area contributed by atoms with Crippen LogP contribution < -0.4 is 0 Å². The SMILES string of the molecule is CC(=O)O[C@H](CCCc1ccccc1)C(C)(C)C. The van der Waals surface area contributed by atoms with E-state index >= 15 is 0 Å². The number of benzene rings is 1. The van der Waals surface area contributed by atoms with Crippen molar-refractivity contribution >= 4 is 5.97 Å². The number of carbonyl (C=O) groups is 1. The van der Waals surface area contributed by atoms with Gasteiger partial charge in [-0.2, -0.15) is 0 Å². The second-order valence-corrected chi connectivity index (χ2v) is 5.84. The monoisotopic (exact) mass is 248 g/mol. The molecule has 0 unspecified atom stereocenters. The maximum absolute atomic E-state index is 11.1. The van der Waals surface area contributed by atoms with Crippen molar-refractivity contribution in [2.24, 2.45) is 5.41 Å². The van der Waals surface area contributed by atoms with Crippen LogP contribution in [0.25, 0.3) is 0 Å². The zero-order valence-electron chi connectivity index (χ0n) is 11.9. The van der Waals surface area contributed by atoms with Crippen LogP contribution >= 0.6 is 0 Å². The Morgan fingerprint density at radius 3 is 2.33 bits per heavy atom. The van der Waals surface area contributed by atoms with Crippen LogP contribution in [-0.4, -0.2) is 12.1 Å². The van der Waals surface area contributed by atoms with Crippen LogP contribution in [0.1, 0.15) is 46.1 Å². The van der Waals surface area contributed by atoms with Crippen LogP contribution in [0, 0.1) is 5.41 Å². The van der Waals surface area contributed by atoms with Crippen LogP contribution in [0.15, 0.2) is 30.3 Å². The first-order valence-corrected chi connectivity index (χ1v) is 6.61. The van der Waals surface area contributed by atoms with E-state index in [1.165, 1.54) is 12.5 Å². The summed E-state index contributed by atoms with van der Waals surface area (Å²) in [4.78, 5) is 11.1. The first-order chi connectivity index (χ1) is 8.39. The molecule has 0 bridgehead atoms. The molecule has 0 aliphatic carbocycles. The van der Waals surface area contributed by atoms with Crippen molar-refractivity contribution in [1.29, 1.82) is 0 Å². The Balaban J connectivity index is 2.45. The molecule has 1 rings (SSSR count). The summed E-state index contributed by atoms with van der Waals surface area (Å²) in [5, 5.41) is 0. The van der Waals surface area contributed by atoms with E-state index in [9.17, 15) is 4.79 Å². The third-order valence-electron chi connectivity index (χ3n) is 3.05. The van der Waals surface area contributed by atoms with Crippen LogP contribution in [0.3, 0.4) is 0 Å². The van der Waals surface area contributed by atoms with Crippen molar-refractivity contribution < 1.29 is 9.53 Å². The molecule has 0 radical (unpaired) electrons. The molecule has 0 saturated carbocycles. The van der Waals surface area contributed by atoms with Crippen molar-refractivity contribution in [3.05, 3.63) is 35.9 Å². The Hall–Kier alpha value is -1.31. The minimum Gasteiger partial charge on any atom is -0.462 e. The van der Waals surface area contributed by atoms with Crippen molar-refractivity contribution in [1.82, 2.24) is 0 Å². The lowest BCUT2D eigenvalue weighted by atomic mass is 9.85. The number of hydrogen-bond acceptors (Lipinski definition) is 2. The van der Waals surface area contributed by atoms with Crippen molar-refractivity contribution in [2.75, 3.05) is 0 Å². The van der Waals surface area contributed by atoms with Crippen molar-refractivity contribution in [2.45, 2.75) is 53.1 Å². The Morgan fingerprint density at radius 2 is 1.83 bits per heavy atom. The summed E-state index contributed by atoms with van der Waals surface area (Å²) in [6.07, 6.45) is 2.99. The predicted octanol–water partition coefficient (Wildman–Crippen LogP) is 3.99. The fourth-order valence-electron chi connectivity index (χ4n) is 2.01. The highest BCUT2D eigenvalue weighted by molar-refractivity contribution is 5.66. The first kappa shape index (κ1) is 14.7. The van der Waals surface area contributed by atoms with E-state index in [0.29, 0.717) is 0 Å². The van der Waals surface area contributed by atoms with E-state index < -0.39 is 0 Å². The Kier molecular flexibility index (Phi) is 5.39. The molecule has 0 heterocycles. The van der Waals surface area contributed by atoms with Crippen molar-refractivity contribution in [3.63, 3.8) is 0 Å². The van der Waals surface area contributed by atoms with E-state index in [-0.39, 0.29) is 17.5 Å². The second kappa shape index (κ2) is 6.58. The van der Waals surface area contributed by atoms with Gasteiger partial charge in [-0.25, -0.2) is 0 Å². The third-order valence-corrected chi connectivity index (χ3v) is 3.05. The zero-order valence-corrected chi connectivity index (χ0v) is 11.9. The molecule has 100 valence electrons. The summed E-state index contributed by atoms with van der Waals surface area (Å²) in [5.41, 5.74) is 1.34. The number of rotatable bonds is 5. The van der Waals surface area contributed by atoms with Gasteiger partial charge in [-0.05, 0) is 30.2 Å². The third kappa shape index (κ3) is 5.35. The van der Waals surface area contributed by atoms with E-state index in [1.807, 2.05) is 6.07 Å². The maximum atomic E-state index is 11.1. The first-order valence-electron chi connectivity index (χ1n) is 6.61. The zero-order chi connectivity index (χ0) is 13.6. The quantitative estimate of drug-likeness (QED) is 0.736. The van der Waals surface area contributed by atoms with Gasteiger partial charge in [0.05, 0.1) is 0 Å². The molecule has 0 spiro atoms. The van der Waals surface area contributed by atoms with E-state index in [2.05, 4.69) is 45.0 Å². The summed E-state index contributed by atoms with van der Waals surface area (Å²) in [5.74, 6) is -0.186. The minimum atomic E-state index is -0.186. The lowest BCUT2D eigenvalue weighted by Gasteiger charge is -2.30. The minimum absolute atomic E-state index is 0.00119. The summed E-state index contributed by atoms with van der Waals surface area (Å²) >= 11 is 0. The van der Waals surface area contributed by atoms with Gasteiger partial charge in [0.15, 0.2) is 0 Å². The van der Waals surface area contributed by atoms with Crippen LogP contribution in [-0.2, 0) is 16.0 Å². The van der Waals surface area contributed by atoms with E-state index in [4.69, 9.17) is 4.74 Å². The molecule has 1 atom stereocenters. The summed E-state index contributed by atoms with van der Waals surface area (Å²) < 4.78 is 5.41. The fourth-order valence-corrected chi connectivity index (χ4v) is 2.01. The molecule has 1 aromatic rings. The molecule has 0 fully saturated rings. The van der Waals surface area contributed by atoms with Gasteiger partial charge in [-0.3, -0.25) is 4.79 Å². The van der Waals surface area contributed by atoms with Gasteiger partial charge in [0.2, 0.25) is 0 Å². The summed E-state index contributed by atoms with van der Waals surface area (Å²) in [6.45, 7) is 7.82. The molecular formula is C16H24O2. The van der Waals surface area contributed by atoms with Crippen LogP contribution in [0.2, 0.25) is 0 Å². The molecule has 0 aliphatic rings. The number of hydrogen-bond donors (Lipinski definition) is 0.